The van der Waals surface area contributed by atoms with E-state index in [9.17, 15) is 0 Å². The van der Waals surface area contributed by atoms with Gasteiger partial charge in [-0.2, -0.15) is 0 Å². The van der Waals surface area contributed by atoms with E-state index in [-0.39, 0.29) is 0 Å². The smallest absolute Gasteiger partial charge is 0.0147 e. The number of nitrogens with one attached hydrogen (secondary N) is 1. The molecule has 13 heavy (non-hydrogen) atoms. The van der Waals surface area contributed by atoms with E-state index in [0.717, 1.165) is 6.54 Å². The lowest BCUT2D eigenvalue weighted by Gasteiger charge is -2.19. The molecule has 0 saturated carbocycles. The van der Waals surface area contributed by atoms with Crippen molar-refractivity contribution in [1.29, 1.82) is 0 Å². The van der Waals surface area contributed by atoms with E-state index in [2.05, 4.69) is 18.8 Å². The number of allylic oxidation sites excluding steroid dienone is 3. The number of hydrogen-bond acceptors (Lipinski definition) is 1. The van der Waals surface area contributed by atoms with E-state index in [1.807, 2.05) is 19.9 Å². The maximum atomic E-state index is 3.82. The Balaban J connectivity index is 0.000000671. The highest BCUT2D eigenvalue weighted by molar-refractivity contribution is 5.24. The molecule has 0 aromatic carbocycles. The molecule has 0 amide bonds. The molecule has 0 spiro atoms. The van der Waals surface area contributed by atoms with Gasteiger partial charge in [0.15, 0.2) is 0 Å². The van der Waals surface area contributed by atoms with Crippen molar-refractivity contribution in [2.45, 2.75) is 46.5 Å². The summed E-state index contributed by atoms with van der Waals surface area (Å²) in [5, 5.41) is 3.43. The third kappa shape index (κ3) is 4.16. The van der Waals surface area contributed by atoms with E-state index < -0.39 is 0 Å². The van der Waals surface area contributed by atoms with Gasteiger partial charge in [-0.05, 0) is 24.8 Å². The van der Waals surface area contributed by atoms with Crippen LogP contribution in [0.25, 0.3) is 0 Å². The lowest BCUT2D eigenvalue weighted by Crippen LogP contribution is -2.21. The second-order valence-electron chi connectivity index (χ2n) is 2.99. The minimum atomic E-state index is 1.15. The topological polar surface area (TPSA) is 12.0 Å². The van der Waals surface area contributed by atoms with Crippen molar-refractivity contribution in [3.05, 3.63) is 23.9 Å². The van der Waals surface area contributed by atoms with Gasteiger partial charge in [-0.1, -0.05) is 39.8 Å². The standard InChI is InChI=1S/C10H17N.C2H6/c1-3-6-10-9(4-2)7-5-8-11-10;1-2/h4,11H,2-3,5-8H2,1H3;1-2H3. The summed E-state index contributed by atoms with van der Waals surface area (Å²) >= 11 is 0. The molecular weight excluding hydrogens is 158 g/mol. The van der Waals surface area contributed by atoms with Gasteiger partial charge < -0.3 is 5.32 Å². The molecule has 0 saturated heterocycles. The average molecular weight is 181 g/mol. The zero-order valence-electron chi connectivity index (χ0n) is 9.32. The molecule has 1 nitrogen and oxygen atoms in total. The van der Waals surface area contributed by atoms with Crippen molar-refractivity contribution in [3.8, 4) is 0 Å². The van der Waals surface area contributed by atoms with Gasteiger partial charge in [0.2, 0.25) is 0 Å². The molecule has 1 aliphatic rings. The highest BCUT2D eigenvalue weighted by Crippen LogP contribution is 2.18. The third-order valence-electron chi connectivity index (χ3n) is 2.10. The molecule has 0 fully saturated rings. The minimum Gasteiger partial charge on any atom is -0.388 e. The molecule has 1 rings (SSSR count). The van der Waals surface area contributed by atoms with Gasteiger partial charge in [0.1, 0.15) is 0 Å². The van der Waals surface area contributed by atoms with Gasteiger partial charge in [-0.25, -0.2) is 0 Å². The summed E-state index contributed by atoms with van der Waals surface area (Å²) in [6.45, 7) is 11.2. The predicted molar refractivity (Wildman–Crippen MR) is 60.7 cm³/mol. The largest absolute Gasteiger partial charge is 0.388 e. The Morgan fingerprint density at radius 1 is 1.46 bits per heavy atom. The van der Waals surface area contributed by atoms with Crippen molar-refractivity contribution in [3.63, 3.8) is 0 Å². The Morgan fingerprint density at radius 2 is 2.15 bits per heavy atom. The summed E-state index contributed by atoms with van der Waals surface area (Å²) in [5.74, 6) is 0. The van der Waals surface area contributed by atoms with Gasteiger partial charge in [-0.15, -0.1) is 0 Å². The van der Waals surface area contributed by atoms with Crippen molar-refractivity contribution in [2.75, 3.05) is 6.54 Å². The lowest BCUT2D eigenvalue weighted by molar-refractivity contribution is 0.636. The zero-order valence-corrected chi connectivity index (χ0v) is 9.32. The first kappa shape index (κ1) is 12.3. The van der Waals surface area contributed by atoms with Crippen LogP contribution in [0.4, 0.5) is 0 Å². The Morgan fingerprint density at radius 3 is 2.69 bits per heavy atom. The van der Waals surface area contributed by atoms with Crippen LogP contribution in [-0.2, 0) is 0 Å². The maximum absolute atomic E-state index is 3.82. The summed E-state index contributed by atoms with van der Waals surface area (Å²) in [4.78, 5) is 0. The fraction of sp³-hybridized carbons (Fsp3) is 0.667. The molecule has 0 atom stereocenters. The molecule has 1 N–H and O–H groups in total. The lowest BCUT2D eigenvalue weighted by atomic mass is 10.0. The first-order valence-electron chi connectivity index (χ1n) is 5.46. The quantitative estimate of drug-likeness (QED) is 0.701. The van der Waals surface area contributed by atoms with Crippen LogP contribution in [0, 0.1) is 0 Å². The fourth-order valence-electron chi connectivity index (χ4n) is 1.51. The molecule has 0 radical (unpaired) electrons. The summed E-state index contributed by atoms with van der Waals surface area (Å²) in [6, 6.07) is 0. The van der Waals surface area contributed by atoms with Crippen LogP contribution >= 0.6 is 0 Å². The molecule has 0 aromatic heterocycles. The van der Waals surface area contributed by atoms with Crippen LogP contribution in [0.1, 0.15) is 46.5 Å². The molecule has 1 aliphatic heterocycles. The van der Waals surface area contributed by atoms with Gasteiger partial charge in [0.05, 0.1) is 0 Å². The molecule has 1 heterocycles. The van der Waals surface area contributed by atoms with Crippen molar-refractivity contribution < 1.29 is 0 Å². The first-order valence-corrected chi connectivity index (χ1v) is 5.46. The highest BCUT2D eigenvalue weighted by Gasteiger charge is 2.07. The zero-order chi connectivity index (χ0) is 10.1. The molecule has 0 bridgehead atoms. The predicted octanol–water partition coefficient (Wildman–Crippen LogP) is 3.64. The fourth-order valence-corrected chi connectivity index (χ4v) is 1.51. The summed E-state index contributed by atoms with van der Waals surface area (Å²) in [5.41, 5.74) is 2.85. The summed E-state index contributed by atoms with van der Waals surface area (Å²) in [6.07, 6.45) is 6.87. The van der Waals surface area contributed by atoms with Crippen LogP contribution in [-0.4, -0.2) is 6.54 Å². The second-order valence-corrected chi connectivity index (χ2v) is 2.99. The Bertz CT molecular complexity index is 168. The third-order valence-corrected chi connectivity index (χ3v) is 2.10. The van der Waals surface area contributed by atoms with E-state index in [1.54, 1.807) is 0 Å². The van der Waals surface area contributed by atoms with Crippen molar-refractivity contribution in [2.24, 2.45) is 0 Å². The summed E-state index contributed by atoms with van der Waals surface area (Å²) < 4.78 is 0. The van der Waals surface area contributed by atoms with E-state index in [4.69, 9.17) is 0 Å². The highest BCUT2D eigenvalue weighted by atomic mass is 14.9. The normalized spacial score (nSPS) is 15.6. The number of hydrogen-bond donors (Lipinski definition) is 1. The molecule has 0 aromatic rings. The van der Waals surface area contributed by atoms with Crippen molar-refractivity contribution in [1.82, 2.24) is 5.32 Å². The molecule has 76 valence electrons. The number of rotatable bonds is 3. The van der Waals surface area contributed by atoms with Crippen LogP contribution in [0.2, 0.25) is 0 Å². The van der Waals surface area contributed by atoms with Gasteiger partial charge >= 0.3 is 0 Å². The van der Waals surface area contributed by atoms with Crippen LogP contribution in [0.5, 0.6) is 0 Å². The van der Waals surface area contributed by atoms with Gasteiger partial charge in [-0.3, -0.25) is 0 Å². The van der Waals surface area contributed by atoms with Gasteiger partial charge in [0, 0.05) is 12.2 Å². The second kappa shape index (κ2) is 7.90. The van der Waals surface area contributed by atoms with Gasteiger partial charge in [0.25, 0.3) is 0 Å². The summed E-state index contributed by atoms with van der Waals surface area (Å²) in [7, 11) is 0. The Labute approximate surface area is 82.9 Å². The van der Waals surface area contributed by atoms with E-state index in [0.29, 0.717) is 0 Å². The monoisotopic (exact) mass is 181 g/mol. The minimum absolute atomic E-state index is 1.15. The van der Waals surface area contributed by atoms with Crippen LogP contribution < -0.4 is 5.32 Å². The van der Waals surface area contributed by atoms with E-state index in [1.165, 1.54) is 37.0 Å². The van der Waals surface area contributed by atoms with Crippen LogP contribution in [0.3, 0.4) is 0 Å². The van der Waals surface area contributed by atoms with E-state index >= 15 is 0 Å². The Hall–Kier alpha value is -0.720. The maximum Gasteiger partial charge on any atom is 0.0147 e. The molecule has 0 unspecified atom stereocenters. The SMILES string of the molecule is C=CC1=C(CCC)NCCC1.CC. The first-order chi connectivity index (χ1) is 6.38. The molecule has 0 aliphatic carbocycles. The molecular formula is C12H23N. The molecule has 1 heteroatoms. The van der Waals surface area contributed by atoms with Crippen molar-refractivity contribution >= 4 is 0 Å². The Kier molecular flexibility index (Phi) is 7.47. The van der Waals surface area contributed by atoms with Crippen LogP contribution in [0.15, 0.2) is 23.9 Å². The average Bonchev–Trinajstić information content (AvgIpc) is 2.22.